The van der Waals surface area contributed by atoms with Crippen molar-refractivity contribution in [2.75, 3.05) is 13.7 Å². The maximum Gasteiger partial charge on any atom is 0.375 e. The summed E-state index contributed by atoms with van der Waals surface area (Å²) < 4.78 is 9.23. The number of primary amides is 1. The molecule has 0 aliphatic heterocycles. The number of esters is 1. The summed E-state index contributed by atoms with van der Waals surface area (Å²) in [5.74, 6) is -0.764. The van der Waals surface area contributed by atoms with Crippen molar-refractivity contribution < 1.29 is 19.1 Å². The summed E-state index contributed by atoms with van der Waals surface area (Å²) >= 11 is 0. The van der Waals surface area contributed by atoms with Gasteiger partial charge in [0, 0.05) is 0 Å². The van der Waals surface area contributed by atoms with Crippen LogP contribution in [-0.2, 0) is 14.3 Å². The van der Waals surface area contributed by atoms with Crippen LogP contribution in [-0.4, -0.2) is 25.7 Å². The molecule has 0 unspecified atom stereocenters. The lowest BCUT2D eigenvalue weighted by Gasteiger charge is -2.04. The number of urea groups is 1. The molecule has 0 bridgehead atoms. The number of amides is 2. The number of carbonyl (C=O) groups excluding carboxylic acids is 2. The van der Waals surface area contributed by atoms with E-state index in [1.165, 1.54) is 7.11 Å². The zero-order valence-electron chi connectivity index (χ0n) is 7.49. The van der Waals surface area contributed by atoms with Crippen molar-refractivity contribution in [1.82, 2.24) is 5.32 Å². The van der Waals surface area contributed by atoms with Crippen LogP contribution in [0.5, 0.6) is 0 Å². The summed E-state index contributed by atoms with van der Waals surface area (Å²) in [5, 5.41) is 2.09. The average Bonchev–Trinajstić information content (AvgIpc) is 2.05. The van der Waals surface area contributed by atoms with E-state index in [0.29, 0.717) is 0 Å². The van der Waals surface area contributed by atoms with Crippen molar-refractivity contribution in [2.45, 2.75) is 6.92 Å². The van der Waals surface area contributed by atoms with Crippen molar-refractivity contribution in [1.29, 1.82) is 0 Å². The Bertz CT molecular complexity index is 225. The number of carbonyl (C=O) groups is 2. The van der Waals surface area contributed by atoms with E-state index in [1.54, 1.807) is 6.92 Å². The van der Waals surface area contributed by atoms with Gasteiger partial charge in [0.2, 0.25) is 5.76 Å². The van der Waals surface area contributed by atoms with Crippen LogP contribution in [0.1, 0.15) is 6.92 Å². The molecule has 0 heterocycles. The van der Waals surface area contributed by atoms with Gasteiger partial charge in [-0.25, -0.2) is 9.59 Å². The van der Waals surface area contributed by atoms with E-state index in [1.807, 2.05) is 0 Å². The lowest BCUT2D eigenvalue weighted by Crippen LogP contribution is -2.26. The van der Waals surface area contributed by atoms with Gasteiger partial charge in [0.25, 0.3) is 0 Å². The Hall–Kier alpha value is -1.72. The molecule has 0 aliphatic carbocycles. The Kier molecular flexibility index (Phi) is 5.09. The number of nitrogens with two attached hydrogens (primary N) is 1. The normalized spacial score (nSPS) is 10.5. The number of hydrogen-bond acceptors (Lipinski definition) is 4. The van der Waals surface area contributed by atoms with Gasteiger partial charge >= 0.3 is 12.0 Å². The third-order valence-electron chi connectivity index (χ3n) is 1.04. The molecule has 0 aliphatic rings. The smallest absolute Gasteiger partial charge is 0.375 e. The molecule has 0 saturated carbocycles. The monoisotopic (exact) mass is 188 g/mol. The van der Waals surface area contributed by atoms with E-state index in [4.69, 9.17) is 5.73 Å². The molecule has 0 aromatic carbocycles. The fraction of sp³-hybridized carbons (Fsp3) is 0.429. The Morgan fingerprint density at radius 1 is 1.54 bits per heavy atom. The molecule has 3 N–H and O–H groups in total. The third-order valence-corrected chi connectivity index (χ3v) is 1.04. The van der Waals surface area contributed by atoms with Crippen LogP contribution in [0.3, 0.4) is 0 Å². The quantitative estimate of drug-likeness (QED) is 0.360. The highest BCUT2D eigenvalue weighted by atomic mass is 16.6. The molecule has 13 heavy (non-hydrogen) atoms. The summed E-state index contributed by atoms with van der Waals surface area (Å²) in [4.78, 5) is 21.2. The number of rotatable bonds is 4. The van der Waals surface area contributed by atoms with Crippen LogP contribution < -0.4 is 11.1 Å². The molecule has 6 heteroatoms. The zero-order chi connectivity index (χ0) is 10.3. The van der Waals surface area contributed by atoms with Crippen LogP contribution in [0.2, 0.25) is 0 Å². The van der Waals surface area contributed by atoms with Crippen LogP contribution in [0.15, 0.2) is 12.0 Å². The Balaban J connectivity index is 4.22. The summed E-state index contributed by atoms with van der Waals surface area (Å²) in [5.41, 5.74) is 4.77. The lowest BCUT2D eigenvalue weighted by molar-refractivity contribution is -0.142. The highest BCUT2D eigenvalue weighted by Crippen LogP contribution is 1.96. The minimum Gasteiger partial charge on any atom is -0.489 e. The molecule has 2 amide bonds. The molecule has 0 aromatic heterocycles. The topological polar surface area (TPSA) is 90.6 Å². The Morgan fingerprint density at radius 2 is 2.15 bits per heavy atom. The van der Waals surface area contributed by atoms with Crippen molar-refractivity contribution in [2.24, 2.45) is 5.73 Å². The van der Waals surface area contributed by atoms with Gasteiger partial charge in [0.1, 0.15) is 0 Å². The minimum absolute atomic E-state index is 0.111. The second-order valence-corrected chi connectivity index (χ2v) is 1.94. The first-order chi connectivity index (χ1) is 6.11. The summed E-state index contributed by atoms with van der Waals surface area (Å²) in [6.45, 7) is 1.89. The van der Waals surface area contributed by atoms with E-state index < -0.39 is 12.0 Å². The number of methoxy groups -OCH3 is 1. The van der Waals surface area contributed by atoms with Gasteiger partial charge in [-0.15, -0.1) is 0 Å². The maximum atomic E-state index is 11.0. The van der Waals surface area contributed by atoms with E-state index in [9.17, 15) is 9.59 Å². The van der Waals surface area contributed by atoms with E-state index in [0.717, 1.165) is 6.20 Å². The van der Waals surface area contributed by atoms with Gasteiger partial charge in [0.15, 0.2) is 0 Å². The predicted molar refractivity (Wildman–Crippen MR) is 44.4 cm³/mol. The molecule has 0 rings (SSSR count). The van der Waals surface area contributed by atoms with Gasteiger partial charge in [-0.1, -0.05) is 0 Å². The molecule has 0 radical (unpaired) electrons. The second-order valence-electron chi connectivity index (χ2n) is 1.94. The summed E-state index contributed by atoms with van der Waals surface area (Å²) in [7, 11) is 1.28. The minimum atomic E-state index is -0.779. The molecule has 0 atom stereocenters. The van der Waals surface area contributed by atoms with Crippen LogP contribution in [0.4, 0.5) is 4.79 Å². The van der Waals surface area contributed by atoms with Gasteiger partial charge < -0.3 is 20.5 Å². The number of hydrogen-bond donors (Lipinski definition) is 2. The highest BCUT2D eigenvalue weighted by molar-refractivity contribution is 5.87. The van der Waals surface area contributed by atoms with E-state index in [2.05, 4.69) is 14.8 Å². The first kappa shape index (κ1) is 11.3. The Labute approximate surface area is 75.7 Å². The van der Waals surface area contributed by atoms with Gasteiger partial charge in [-0.3, -0.25) is 0 Å². The molecule has 0 aromatic rings. The van der Waals surface area contributed by atoms with Crippen LogP contribution >= 0.6 is 0 Å². The molecule has 0 spiro atoms. The van der Waals surface area contributed by atoms with Crippen LogP contribution in [0, 0.1) is 0 Å². The second kappa shape index (κ2) is 5.87. The third kappa shape index (κ3) is 4.67. The lowest BCUT2D eigenvalue weighted by atomic mass is 10.5. The average molecular weight is 188 g/mol. The number of nitrogens with one attached hydrogen (secondary N) is 1. The van der Waals surface area contributed by atoms with Crippen molar-refractivity contribution in [3.05, 3.63) is 12.0 Å². The number of ether oxygens (including phenoxy) is 2. The molecule has 0 saturated heterocycles. The fourth-order valence-corrected chi connectivity index (χ4v) is 0.540. The van der Waals surface area contributed by atoms with E-state index in [-0.39, 0.29) is 12.4 Å². The first-order valence-corrected chi connectivity index (χ1v) is 3.59. The molecule has 6 nitrogen and oxygen atoms in total. The largest absolute Gasteiger partial charge is 0.489 e. The summed E-state index contributed by atoms with van der Waals surface area (Å²) in [6.07, 6.45) is 1.04. The van der Waals surface area contributed by atoms with Crippen molar-refractivity contribution >= 4 is 12.0 Å². The SMILES string of the molecule is CCOC(=O)/C(=C/NC(N)=O)OC. The van der Waals surface area contributed by atoms with Gasteiger partial charge in [0.05, 0.1) is 19.9 Å². The maximum absolute atomic E-state index is 11.0. The molecule has 0 fully saturated rings. The van der Waals surface area contributed by atoms with Gasteiger partial charge in [-0.2, -0.15) is 0 Å². The molecule has 74 valence electrons. The van der Waals surface area contributed by atoms with Crippen molar-refractivity contribution in [3.63, 3.8) is 0 Å². The molecular weight excluding hydrogens is 176 g/mol. The summed E-state index contributed by atoms with van der Waals surface area (Å²) in [6, 6.07) is -0.779. The Morgan fingerprint density at radius 3 is 2.54 bits per heavy atom. The standard InChI is InChI=1S/C7H12N2O4/c1-3-13-6(10)5(12-2)4-9-7(8)11/h4H,3H2,1-2H3,(H3,8,9,11)/b5-4-. The zero-order valence-corrected chi connectivity index (χ0v) is 7.49. The predicted octanol–water partition coefficient (Wildman–Crippen LogP) is -0.294. The highest BCUT2D eigenvalue weighted by Gasteiger charge is 2.10. The van der Waals surface area contributed by atoms with Crippen LogP contribution in [0.25, 0.3) is 0 Å². The van der Waals surface area contributed by atoms with Crippen molar-refractivity contribution in [3.8, 4) is 0 Å². The van der Waals surface area contributed by atoms with Gasteiger partial charge in [-0.05, 0) is 6.92 Å². The molecular formula is C7H12N2O4. The fourth-order valence-electron chi connectivity index (χ4n) is 0.540. The first-order valence-electron chi connectivity index (χ1n) is 3.59. The van der Waals surface area contributed by atoms with E-state index >= 15 is 0 Å².